The maximum Gasteiger partial charge on any atom is 0.175 e. The minimum absolute atomic E-state index is 0.0232. The van der Waals surface area contributed by atoms with E-state index in [1.165, 1.54) is 0 Å². The van der Waals surface area contributed by atoms with Crippen LogP contribution in [0.4, 0.5) is 0 Å². The Labute approximate surface area is 126 Å². The summed E-state index contributed by atoms with van der Waals surface area (Å²) in [6.45, 7) is 3.84. The topological polar surface area (TPSA) is 34.1 Å². The molecule has 1 unspecified atom stereocenters. The van der Waals surface area contributed by atoms with Gasteiger partial charge in [0.15, 0.2) is 5.78 Å². The minimum atomic E-state index is -1.34. The molecule has 0 aliphatic rings. The highest BCUT2D eigenvalue weighted by Gasteiger charge is 2.14. The van der Waals surface area contributed by atoms with Gasteiger partial charge < -0.3 is 0 Å². The molecule has 2 nitrogen and oxygen atoms in total. The van der Waals surface area contributed by atoms with Crippen molar-refractivity contribution in [2.45, 2.75) is 18.7 Å². The maximum atomic E-state index is 12.3. The predicted molar refractivity (Wildman–Crippen MR) is 83.0 cm³/mol. The van der Waals surface area contributed by atoms with E-state index in [2.05, 4.69) is 0 Å². The third-order valence-electron chi connectivity index (χ3n) is 3.00. The van der Waals surface area contributed by atoms with Crippen LogP contribution in [0.25, 0.3) is 0 Å². The standard InChI is InChI=1S/C16H15ClO2S/c1-11-6-7-12(2)16(8-11)20(19)10-15(18)13-4-3-5-14(17)9-13/h3-9H,10H2,1-2H3. The average Bonchev–Trinajstić information content (AvgIpc) is 2.41. The van der Waals surface area contributed by atoms with Gasteiger partial charge in [-0.15, -0.1) is 0 Å². The molecule has 0 radical (unpaired) electrons. The molecule has 0 saturated carbocycles. The number of carbonyl (C=O) groups is 1. The summed E-state index contributed by atoms with van der Waals surface area (Å²) in [6, 6.07) is 12.5. The number of rotatable bonds is 4. The molecule has 0 aliphatic carbocycles. The average molecular weight is 307 g/mol. The molecular weight excluding hydrogens is 292 g/mol. The summed E-state index contributed by atoms with van der Waals surface area (Å²) in [6.07, 6.45) is 0. The van der Waals surface area contributed by atoms with Gasteiger partial charge in [-0.05, 0) is 43.2 Å². The molecule has 0 aliphatic heterocycles. The van der Waals surface area contributed by atoms with Crippen molar-refractivity contribution < 1.29 is 9.00 Å². The van der Waals surface area contributed by atoms with E-state index in [1.54, 1.807) is 24.3 Å². The van der Waals surface area contributed by atoms with E-state index >= 15 is 0 Å². The minimum Gasteiger partial charge on any atom is -0.293 e. The van der Waals surface area contributed by atoms with E-state index in [9.17, 15) is 9.00 Å². The molecule has 2 rings (SSSR count). The molecule has 0 aromatic heterocycles. The molecule has 4 heteroatoms. The fourth-order valence-electron chi connectivity index (χ4n) is 1.89. The van der Waals surface area contributed by atoms with Gasteiger partial charge in [-0.3, -0.25) is 9.00 Å². The lowest BCUT2D eigenvalue weighted by Gasteiger charge is -2.07. The second-order valence-electron chi connectivity index (χ2n) is 4.69. The number of aryl methyl sites for hydroxylation is 2. The van der Waals surface area contributed by atoms with Gasteiger partial charge in [0.1, 0.15) is 0 Å². The summed E-state index contributed by atoms with van der Waals surface area (Å²) in [5, 5.41) is 0.508. The first-order valence-electron chi connectivity index (χ1n) is 6.22. The van der Waals surface area contributed by atoms with E-state index < -0.39 is 10.8 Å². The molecule has 0 amide bonds. The lowest BCUT2D eigenvalue weighted by atomic mass is 10.1. The van der Waals surface area contributed by atoms with Crippen LogP contribution in [0.1, 0.15) is 21.5 Å². The van der Waals surface area contributed by atoms with Crippen LogP contribution in [0.5, 0.6) is 0 Å². The van der Waals surface area contributed by atoms with Crippen LogP contribution in [0.15, 0.2) is 47.4 Å². The second kappa shape index (κ2) is 6.33. The van der Waals surface area contributed by atoms with Gasteiger partial charge in [0, 0.05) is 15.5 Å². The Balaban J connectivity index is 2.19. The molecule has 0 heterocycles. The van der Waals surface area contributed by atoms with Crippen LogP contribution in [0, 0.1) is 13.8 Å². The Morgan fingerprint density at radius 1 is 1.15 bits per heavy atom. The maximum absolute atomic E-state index is 12.3. The normalized spacial score (nSPS) is 12.2. The zero-order valence-electron chi connectivity index (χ0n) is 11.4. The summed E-state index contributed by atoms with van der Waals surface area (Å²) in [5.74, 6) is -0.184. The molecule has 0 spiro atoms. The third-order valence-corrected chi connectivity index (χ3v) is 4.69. The number of Topliss-reactive ketones (excluding diaryl/α,β-unsaturated/α-hetero) is 1. The summed E-state index contributed by atoms with van der Waals surface area (Å²) in [5.41, 5.74) is 2.47. The van der Waals surface area contributed by atoms with Crippen LogP contribution in [0.3, 0.4) is 0 Å². The van der Waals surface area contributed by atoms with Gasteiger partial charge in [-0.1, -0.05) is 35.9 Å². The van der Waals surface area contributed by atoms with Crippen molar-refractivity contribution in [3.8, 4) is 0 Å². The lowest BCUT2D eigenvalue weighted by molar-refractivity contribution is 0.102. The molecule has 0 N–H and O–H groups in total. The number of benzene rings is 2. The highest BCUT2D eigenvalue weighted by molar-refractivity contribution is 7.85. The molecule has 0 saturated heterocycles. The van der Waals surface area contributed by atoms with Gasteiger partial charge in [0.2, 0.25) is 0 Å². The Morgan fingerprint density at radius 3 is 2.60 bits per heavy atom. The number of hydrogen-bond donors (Lipinski definition) is 0. The van der Waals surface area contributed by atoms with Crippen molar-refractivity contribution >= 4 is 28.2 Å². The summed E-state index contributed by atoms with van der Waals surface area (Å²) >= 11 is 5.86. The highest BCUT2D eigenvalue weighted by Crippen LogP contribution is 2.17. The molecule has 2 aromatic rings. The molecule has 20 heavy (non-hydrogen) atoms. The van der Waals surface area contributed by atoms with Gasteiger partial charge in [-0.25, -0.2) is 0 Å². The molecule has 0 bridgehead atoms. The van der Waals surface area contributed by atoms with E-state index in [-0.39, 0.29) is 11.5 Å². The van der Waals surface area contributed by atoms with Gasteiger partial charge in [0.05, 0.1) is 16.6 Å². The second-order valence-corrected chi connectivity index (χ2v) is 6.55. The molecule has 104 valence electrons. The van der Waals surface area contributed by atoms with Crippen molar-refractivity contribution in [3.05, 3.63) is 64.2 Å². The quantitative estimate of drug-likeness (QED) is 0.802. The van der Waals surface area contributed by atoms with Crippen molar-refractivity contribution in [1.82, 2.24) is 0 Å². The molecule has 2 aromatic carbocycles. The first-order chi connectivity index (χ1) is 9.47. The van der Waals surface area contributed by atoms with Crippen LogP contribution >= 0.6 is 11.6 Å². The smallest absolute Gasteiger partial charge is 0.175 e. The van der Waals surface area contributed by atoms with Crippen LogP contribution in [0.2, 0.25) is 5.02 Å². The fourth-order valence-corrected chi connectivity index (χ4v) is 3.39. The van der Waals surface area contributed by atoms with Crippen molar-refractivity contribution in [1.29, 1.82) is 0 Å². The Bertz CT molecular complexity index is 680. The van der Waals surface area contributed by atoms with E-state index in [0.717, 1.165) is 16.0 Å². The number of hydrogen-bond acceptors (Lipinski definition) is 2. The Morgan fingerprint density at radius 2 is 1.90 bits per heavy atom. The first kappa shape index (κ1) is 14.9. The Hall–Kier alpha value is -1.45. The van der Waals surface area contributed by atoms with E-state index in [4.69, 9.17) is 11.6 Å². The molecule has 0 fully saturated rings. The number of carbonyl (C=O) groups excluding carboxylic acids is 1. The first-order valence-corrected chi connectivity index (χ1v) is 7.91. The Kier molecular flexibility index (Phi) is 4.73. The zero-order chi connectivity index (χ0) is 14.7. The summed E-state index contributed by atoms with van der Waals surface area (Å²) in [7, 11) is -1.34. The molecule has 1 atom stereocenters. The van der Waals surface area contributed by atoms with E-state index in [0.29, 0.717) is 10.6 Å². The lowest BCUT2D eigenvalue weighted by Crippen LogP contribution is -2.12. The van der Waals surface area contributed by atoms with Crippen molar-refractivity contribution in [3.63, 3.8) is 0 Å². The van der Waals surface area contributed by atoms with Gasteiger partial charge in [0.25, 0.3) is 0 Å². The van der Waals surface area contributed by atoms with Crippen molar-refractivity contribution in [2.24, 2.45) is 0 Å². The van der Waals surface area contributed by atoms with Crippen LogP contribution in [-0.4, -0.2) is 15.7 Å². The van der Waals surface area contributed by atoms with Crippen molar-refractivity contribution in [2.75, 3.05) is 5.75 Å². The van der Waals surface area contributed by atoms with Gasteiger partial charge >= 0.3 is 0 Å². The monoisotopic (exact) mass is 306 g/mol. The number of ketones is 1. The van der Waals surface area contributed by atoms with Crippen LogP contribution in [-0.2, 0) is 10.8 Å². The summed E-state index contributed by atoms with van der Waals surface area (Å²) < 4.78 is 12.3. The van der Waals surface area contributed by atoms with Crippen LogP contribution < -0.4 is 0 Å². The van der Waals surface area contributed by atoms with E-state index in [1.807, 2.05) is 32.0 Å². The summed E-state index contributed by atoms with van der Waals surface area (Å²) in [4.78, 5) is 12.8. The predicted octanol–water partition coefficient (Wildman–Crippen LogP) is 3.95. The third kappa shape index (κ3) is 3.56. The largest absolute Gasteiger partial charge is 0.293 e. The zero-order valence-corrected chi connectivity index (χ0v) is 12.9. The SMILES string of the molecule is Cc1ccc(C)c(S(=O)CC(=O)c2cccc(Cl)c2)c1. The fraction of sp³-hybridized carbons (Fsp3) is 0.188. The number of halogens is 1. The van der Waals surface area contributed by atoms with Gasteiger partial charge in [-0.2, -0.15) is 0 Å². The highest BCUT2D eigenvalue weighted by atomic mass is 35.5. The molecular formula is C16H15ClO2S.